The van der Waals surface area contributed by atoms with Crippen LogP contribution in [-0.2, 0) is 25.5 Å². The summed E-state index contributed by atoms with van der Waals surface area (Å²) in [4.78, 5) is 48.3. The van der Waals surface area contributed by atoms with E-state index in [-0.39, 0.29) is 31.0 Å². The van der Waals surface area contributed by atoms with Crippen molar-refractivity contribution in [2.45, 2.75) is 38.0 Å². The van der Waals surface area contributed by atoms with E-state index < -0.39 is 35.0 Å². The van der Waals surface area contributed by atoms with E-state index in [1.807, 2.05) is 0 Å². The topological polar surface area (TPSA) is 148 Å². The molecule has 0 spiro atoms. The average molecular weight is 409 g/mol. The molecule has 0 saturated carbocycles. The van der Waals surface area contributed by atoms with E-state index in [1.165, 1.54) is 37.1 Å². The Kier molecular flexibility index (Phi) is 7.10. The molecule has 1 heterocycles. The Balaban J connectivity index is 2.26. The summed E-state index contributed by atoms with van der Waals surface area (Å²) >= 11 is 0. The lowest BCUT2D eigenvalue weighted by Gasteiger charge is -2.25. The molecule has 3 atom stereocenters. The number of carbonyl (C=O) groups is 3. The van der Waals surface area contributed by atoms with Gasteiger partial charge in [-0.2, -0.15) is 0 Å². The third kappa shape index (κ3) is 5.19. The molecule has 2 N–H and O–H groups in total. The summed E-state index contributed by atoms with van der Waals surface area (Å²) in [5.74, 6) is -1.46. The van der Waals surface area contributed by atoms with Gasteiger partial charge in [0, 0.05) is 44.0 Å². The predicted molar refractivity (Wildman–Crippen MR) is 99.1 cm³/mol. The number of rotatable bonds is 7. The van der Waals surface area contributed by atoms with E-state index in [0.717, 1.165) is 7.11 Å². The maximum atomic E-state index is 12.7. The van der Waals surface area contributed by atoms with Gasteiger partial charge in [0.2, 0.25) is 11.8 Å². The van der Waals surface area contributed by atoms with Crippen LogP contribution in [0, 0.1) is 10.1 Å². The number of aliphatic hydroxyl groups is 1. The summed E-state index contributed by atoms with van der Waals surface area (Å²) in [6.45, 7) is 1.30. The first-order valence-electron chi connectivity index (χ1n) is 8.82. The highest BCUT2D eigenvalue weighted by molar-refractivity contribution is 5.91. The maximum Gasteiger partial charge on any atom is 0.328 e. The van der Waals surface area contributed by atoms with Crippen LogP contribution in [0.25, 0.3) is 0 Å². The highest BCUT2D eigenvalue weighted by Crippen LogP contribution is 2.26. The van der Waals surface area contributed by atoms with Crippen molar-refractivity contribution in [3.63, 3.8) is 0 Å². The minimum atomic E-state index is -1.17. The van der Waals surface area contributed by atoms with Crippen LogP contribution in [0.2, 0.25) is 0 Å². The number of ether oxygens (including phenoxy) is 2. The fourth-order valence-electron chi connectivity index (χ4n) is 3.27. The molecule has 0 aliphatic carbocycles. The Morgan fingerprint density at radius 1 is 1.38 bits per heavy atom. The third-order valence-corrected chi connectivity index (χ3v) is 4.69. The van der Waals surface area contributed by atoms with Gasteiger partial charge < -0.3 is 24.8 Å². The number of hydrogen-bond donors (Lipinski definition) is 2. The van der Waals surface area contributed by atoms with E-state index in [4.69, 9.17) is 9.47 Å². The summed E-state index contributed by atoms with van der Waals surface area (Å²) in [6.07, 6.45) is -0.930. The van der Waals surface area contributed by atoms with Crippen molar-refractivity contribution in [3.8, 4) is 5.75 Å². The van der Waals surface area contributed by atoms with Crippen LogP contribution in [0.4, 0.5) is 5.69 Å². The smallest absolute Gasteiger partial charge is 0.328 e. The summed E-state index contributed by atoms with van der Waals surface area (Å²) in [6, 6.07) is 1.81. The first kappa shape index (κ1) is 22.1. The van der Waals surface area contributed by atoms with E-state index in [1.54, 1.807) is 0 Å². The van der Waals surface area contributed by atoms with Gasteiger partial charge >= 0.3 is 5.97 Å². The number of aliphatic hydroxyl groups excluding tert-OH is 1. The van der Waals surface area contributed by atoms with Crippen molar-refractivity contribution >= 4 is 23.5 Å². The van der Waals surface area contributed by atoms with Gasteiger partial charge in [-0.1, -0.05) is 0 Å². The Bertz CT molecular complexity index is 812. The monoisotopic (exact) mass is 409 g/mol. The number of non-ortho nitro benzene ring substituents is 1. The maximum absolute atomic E-state index is 12.7. The highest BCUT2D eigenvalue weighted by atomic mass is 16.6. The lowest BCUT2D eigenvalue weighted by molar-refractivity contribution is -0.384. The van der Waals surface area contributed by atoms with E-state index in [0.29, 0.717) is 11.3 Å². The number of carbonyl (C=O) groups excluding carboxylic acids is 3. The van der Waals surface area contributed by atoms with Gasteiger partial charge in [-0.25, -0.2) is 4.79 Å². The van der Waals surface area contributed by atoms with Crippen molar-refractivity contribution in [2.75, 3.05) is 20.8 Å². The van der Waals surface area contributed by atoms with Crippen LogP contribution >= 0.6 is 0 Å². The fourth-order valence-corrected chi connectivity index (χ4v) is 3.27. The number of nitro groups is 1. The molecule has 1 saturated heterocycles. The number of nitrogens with one attached hydrogen (secondary N) is 1. The molecule has 2 rings (SSSR count). The SMILES string of the molecule is COC(=O)[C@H](Cc1cc([N+](=O)[O-])ccc1OC)NC(=O)[C@@H]1C[C@@H](O)CN1C(C)=O. The standard InChI is InChI=1S/C18H23N3O8/c1-10(22)20-9-13(23)8-15(20)17(24)19-14(18(25)29-3)7-11-6-12(21(26)27)4-5-16(11)28-2/h4-6,13-15,23H,7-9H2,1-3H3,(H,19,24)/t13-,14+,15+/m1/s1. The molecule has 1 aromatic carbocycles. The van der Waals surface area contributed by atoms with Crippen LogP contribution < -0.4 is 10.1 Å². The first-order valence-corrected chi connectivity index (χ1v) is 8.82. The zero-order chi connectivity index (χ0) is 21.7. The number of methoxy groups -OCH3 is 2. The van der Waals surface area contributed by atoms with Gasteiger partial charge in [0.15, 0.2) is 0 Å². The van der Waals surface area contributed by atoms with Crippen molar-refractivity contribution in [1.29, 1.82) is 0 Å². The number of nitrogens with zero attached hydrogens (tertiary/aromatic N) is 2. The molecule has 0 aromatic heterocycles. The molecular weight excluding hydrogens is 386 g/mol. The van der Waals surface area contributed by atoms with Crippen molar-refractivity contribution < 1.29 is 33.9 Å². The highest BCUT2D eigenvalue weighted by Gasteiger charge is 2.39. The molecular formula is C18H23N3O8. The van der Waals surface area contributed by atoms with E-state index in [9.17, 15) is 29.6 Å². The average Bonchev–Trinajstić information content (AvgIpc) is 3.08. The number of amides is 2. The van der Waals surface area contributed by atoms with Gasteiger partial charge in [-0.15, -0.1) is 0 Å². The summed E-state index contributed by atoms with van der Waals surface area (Å²) < 4.78 is 9.92. The quantitative estimate of drug-likeness (QED) is 0.357. The minimum Gasteiger partial charge on any atom is -0.496 e. The predicted octanol–water partition coefficient (Wildman–Crippen LogP) is -0.215. The van der Waals surface area contributed by atoms with Crippen LogP contribution in [0.15, 0.2) is 18.2 Å². The van der Waals surface area contributed by atoms with Gasteiger partial charge in [0.05, 0.1) is 25.2 Å². The number of β-amino-alcohol motifs (C(OH)–C–C–N with tert-alkyl or cyclic N) is 1. The fraction of sp³-hybridized carbons (Fsp3) is 0.500. The summed E-state index contributed by atoms with van der Waals surface area (Å²) in [5.41, 5.74) is 0.129. The Morgan fingerprint density at radius 2 is 2.07 bits per heavy atom. The first-order chi connectivity index (χ1) is 13.7. The van der Waals surface area contributed by atoms with Crippen molar-refractivity contribution in [3.05, 3.63) is 33.9 Å². The molecule has 11 heteroatoms. The molecule has 11 nitrogen and oxygen atoms in total. The molecule has 1 fully saturated rings. The number of benzene rings is 1. The molecule has 2 amide bonds. The van der Waals surface area contributed by atoms with Crippen molar-refractivity contribution in [1.82, 2.24) is 10.2 Å². The molecule has 1 aliphatic rings. The molecule has 1 aromatic rings. The lowest BCUT2D eigenvalue weighted by Crippen LogP contribution is -2.51. The molecule has 158 valence electrons. The normalized spacial score (nSPS) is 19.4. The second-order valence-electron chi connectivity index (χ2n) is 6.62. The summed E-state index contributed by atoms with van der Waals surface area (Å²) in [7, 11) is 2.52. The van der Waals surface area contributed by atoms with Crippen LogP contribution in [0.5, 0.6) is 5.75 Å². The van der Waals surface area contributed by atoms with Gasteiger partial charge in [0.25, 0.3) is 5.69 Å². The zero-order valence-corrected chi connectivity index (χ0v) is 16.3. The van der Waals surface area contributed by atoms with Crippen LogP contribution in [0.1, 0.15) is 18.9 Å². The second-order valence-corrected chi connectivity index (χ2v) is 6.62. The van der Waals surface area contributed by atoms with Crippen LogP contribution in [-0.4, -0.2) is 71.7 Å². The molecule has 1 aliphatic heterocycles. The molecule has 0 unspecified atom stereocenters. The molecule has 0 radical (unpaired) electrons. The Labute approximate surface area is 166 Å². The molecule has 29 heavy (non-hydrogen) atoms. The minimum absolute atomic E-state index is 0.0228. The van der Waals surface area contributed by atoms with Gasteiger partial charge in [-0.3, -0.25) is 19.7 Å². The van der Waals surface area contributed by atoms with Gasteiger partial charge in [0.1, 0.15) is 17.8 Å². The molecule has 0 bridgehead atoms. The second kappa shape index (κ2) is 9.32. The van der Waals surface area contributed by atoms with Crippen LogP contribution in [0.3, 0.4) is 0 Å². The van der Waals surface area contributed by atoms with E-state index >= 15 is 0 Å². The number of nitro benzene ring substituents is 1. The van der Waals surface area contributed by atoms with Gasteiger partial charge in [-0.05, 0) is 6.07 Å². The Morgan fingerprint density at radius 3 is 2.62 bits per heavy atom. The number of likely N-dealkylation sites (tertiary alicyclic amines) is 1. The Hall–Kier alpha value is -3.21. The number of esters is 1. The third-order valence-electron chi connectivity index (χ3n) is 4.69. The largest absolute Gasteiger partial charge is 0.496 e. The van der Waals surface area contributed by atoms with Crippen molar-refractivity contribution in [2.24, 2.45) is 0 Å². The summed E-state index contributed by atoms with van der Waals surface area (Å²) in [5, 5.41) is 23.4. The lowest BCUT2D eigenvalue weighted by atomic mass is 10.0. The number of hydrogen-bond acceptors (Lipinski definition) is 8. The van der Waals surface area contributed by atoms with E-state index in [2.05, 4.69) is 5.32 Å². The zero-order valence-electron chi connectivity index (χ0n) is 16.3.